The third-order valence-electron chi connectivity index (χ3n) is 4.51. The van der Waals surface area contributed by atoms with Crippen LogP contribution in [0.15, 0.2) is 54.7 Å². The number of pyridine rings is 1. The fraction of sp³-hybridized carbons (Fsp3) is 0.389. The zero-order valence-electron chi connectivity index (χ0n) is 12.5. The van der Waals surface area contributed by atoms with Gasteiger partial charge in [0.05, 0.1) is 0 Å². The SMILES string of the molecule is c1ccc(OC2C[C@H]3CC[C@@H](C2)N3Oc2ccccn2)cc1. The Labute approximate surface area is 130 Å². The minimum Gasteiger partial charge on any atom is -0.490 e. The molecule has 1 unspecified atom stereocenters. The molecule has 0 saturated carbocycles. The number of piperidine rings is 1. The van der Waals surface area contributed by atoms with Gasteiger partial charge in [-0.25, -0.2) is 4.98 Å². The van der Waals surface area contributed by atoms with E-state index in [0.717, 1.165) is 18.6 Å². The lowest BCUT2D eigenvalue weighted by Gasteiger charge is -2.37. The van der Waals surface area contributed by atoms with Crippen LogP contribution in [0.5, 0.6) is 11.6 Å². The highest BCUT2D eigenvalue weighted by Crippen LogP contribution is 2.37. The van der Waals surface area contributed by atoms with E-state index in [1.165, 1.54) is 12.8 Å². The third-order valence-corrected chi connectivity index (χ3v) is 4.51. The maximum Gasteiger partial charge on any atom is 0.238 e. The molecule has 2 bridgehead atoms. The molecule has 0 spiro atoms. The van der Waals surface area contributed by atoms with Crippen molar-refractivity contribution in [2.45, 2.75) is 43.9 Å². The van der Waals surface area contributed by atoms with Crippen LogP contribution in [-0.2, 0) is 0 Å². The van der Waals surface area contributed by atoms with E-state index in [1.54, 1.807) is 6.20 Å². The first kappa shape index (κ1) is 13.6. The van der Waals surface area contributed by atoms with Crippen molar-refractivity contribution in [2.24, 2.45) is 0 Å². The number of benzene rings is 1. The molecule has 2 fully saturated rings. The van der Waals surface area contributed by atoms with Crippen molar-refractivity contribution in [2.75, 3.05) is 0 Å². The smallest absolute Gasteiger partial charge is 0.238 e. The molecule has 0 aliphatic carbocycles. The minimum atomic E-state index is 0.281. The van der Waals surface area contributed by atoms with Crippen molar-refractivity contribution in [3.05, 3.63) is 54.7 Å². The van der Waals surface area contributed by atoms with E-state index in [1.807, 2.05) is 48.5 Å². The summed E-state index contributed by atoms with van der Waals surface area (Å²) in [5.74, 6) is 1.65. The van der Waals surface area contributed by atoms with Crippen molar-refractivity contribution in [1.82, 2.24) is 10.0 Å². The lowest BCUT2D eigenvalue weighted by atomic mass is 10.0. The van der Waals surface area contributed by atoms with Crippen LogP contribution < -0.4 is 9.57 Å². The van der Waals surface area contributed by atoms with E-state index in [4.69, 9.17) is 9.57 Å². The van der Waals surface area contributed by atoms with Gasteiger partial charge in [-0.2, -0.15) is 0 Å². The van der Waals surface area contributed by atoms with Crippen molar-refractivity contribution < 1.29 is 9.57 Å². The van der Waals surface area contributed by atoms with Gasteiger partial charge in [0.15, 0.2) is 0 Å². The van der Waals surface area contributed by atoms with Crippen LogP contribution in [0.25, 0.3) is 0 Å². The molecule has 4 rings (SSSR count). The number of fused-ring (bicyclic) bond motifs is 2. The molecule has 0 radical (unpaired) electrons. The Balaban J connectivity index is 1.41. The molecular formula is C18H20N2O2. The first-order valence-electron chi connectivity index (χ1n) is 7.97. The fourth-order valence-electron chi connectivity index (χ4n) is 3.53. The topological polar surface area (TPSA) is 34.6 Å². The lowest BCUT2D eigenvalue weighted by molar-refractivity contribution is -0.140. The molecule has 3 heterocycles. The molecule has 0 N–H and O–H groups in total. The molecule has 1 aromatic heterocycles. The lowest BCUT2D eigenvalue weighted by Crippen LogP contribution is -2.48. The molecule has 1 aromatic carbocycles. The number of para-hydroxylation sites is 1. The molecule has 0 amide bonds. The van der Waals surface area contributed by atoms with Gasteiger partial charge in [-0.3, -0.25) is 0 Å². The highest BCUT2D eigenvalue weighted by atomic mass is 16.7. The molecule has 22 heavy (non-hydrogen) atoms. The predicted molar refractivity (Wildman–Crippen MR) is 83.6 cm³/mol. The van der Waals surface area contributed by atoms with Crippen LogP contribution in [0.2, 0.25) is 0 Å². The van der Waals surface area contributed by atoms with E-state index in [9.17, 15) is 0 Å². The molecule has 114 valence electrons. The summed E-state index contributed by atoms with van der Waals surface area (Å²) in [6.45, 7) is 0. The molecular weight excluding hydrogens is 276 g/mol. The normalized spacial score (nSPS) is 27.5. The van der Waals surface area contributed by atoms with Gasteiger partial charge in [0.25, 0.3) is 0 Å². The standard InChI is InChI=1S/C18H20N2O2/c1-2-6-16(7-3-1)21-17-12-14-9-10-15(13-17)20(14)22-18-8-4-5-11-19-18/h1-8,11,14-15,17H,9-10,12-13H2/t14-,15+,17?. The Morgan fingerprint density at radius 2 is 1.64 bits per heavy atom. The third kappa shape index (κ3) is 2.79. The van der Waals surface area contributed by atoms with Crippen molar-refractivity contribution in [1.29, 1.82) is 0 Å². The Hall–Kier alpha value is -2.07. The average Bonchev–Trinajstić information content (AvgIpc) is 2.80. The second kappa shape index (κ2) is 5.97. The van der Waals surface area contributed by atoms with Gasteiger partial charge >= 0.3 is 0 Å². The van der Waals surface area contributed by atoms with Crippen LogP contribution in [0.1, 0.15) is 25.7 Å². The summed E-state index contributed by atoms with van der Waals surface area (Å²) >= 11 is 0. The molecule has 4 heteroatoms. The van der Waals surface area contributed by atoms with Gasteiger partial charge in [-0.05, 0) is 31.0 Å². The van der Waals surface area contributed by atoms with Gasteiger partial charge in [0.1, 0.15) is 11.9 Å². The van der Waals surface area contributed by atoms with Crippen LogP contribution in [0, 0.1) is 0 Å². The number of aromatic nitrogens is 1. The van der Waals surface area contributed by atoms with Gasteiger partial charge in [-0.1, -0.05) is 24.3 Å². The van der Waals surface area contributed by atoms with E-state index in [-0.39, 0.29) is 6.10 Å². The minimum absolute atomic E-state index is 0.281. The van der Waals surface area contributed by atoms with Gasteiger partial charge in [0.2, 0.25) is 5.88 Å². The monoisotopic (exact) mass is 296 g/mol. The largest absolute Gasteiger partial charge is 0.490 e. The summed E-state index contributed by atoms with van der Waals surface area (Å²) < 4.78 is 6.14. The van der Waals surface area contributed by atoms with Crippen LogP contribution in [0.4, 0.5) is 0 Å². The summed E-state index contributed by atoms with van der Waals surface area (Å²) in [5, 5.41) is 2.15. The highest BCUT2D eigenvalue weighted by molar-refractivity contribution is 5.21. The Bertz CT molecular complexity index is 591. The molecule has 3 atom stereocenters. The predicted octanol–water partition coefficient (Wildman–Crippen LogP) is 3.45. The Morgan fingerprint density at radius 1 is 0.909 bits per heavy atom. The second-order valence-corrected chi connectivity index (χ2v) is 6.03. The molecule has 2 aromatic rings. The number of hydrogen-bond donors (Lipinski definition) is 0. The maximum atomic E-state index is 6.14. The summed E-state index contributed by atoms with van der Waals surface area (Å²) in [7, 11) is 0. The first-order chi connectivity index (χ1) is 10.9. The summed E-state index contributed by atoms with van der Waals surface area (Å²) in [5.41, 5.74) is 0. The molecule has 2 aliphatic rings. The number of rotatable bonds is 4. The van der Waals surface area contributed by atoms with Gasteiger partial charge in [0, 0.05) is 37.2 Å². The van der Waals surface area contributed by atoms with Gasteiger partial charge < -0.3 is 9.57 Å². The quantitative estimate of drug-likeness (QED) is 0.865. The van der Waals surface area contributed by atoms with E-state index >= 15 is 0 Å². The number of hydrogen-bond acceptors (Lipinski definition) is 4. The van der Waals surface area contributed by atoms with Crippen molar-refractivity contribution >= 4 is 0 Å². The summed E-state index contributed by atoms with van der Waals surface area (Å²) in [6, 6.07) is 16.7. The van der Waals surface area contributed by atoms with Crippen LogP contribution >= 0.6 is 0 Å². The van der Waals surface area contributed by atoms with Crippen molar-refractivity contribution in [3.63, 3.8) is 0 Å². The zero-order valence-corrected chi connectivity index (χ0v) is 12.5. The highest BCUT2D eigenvalue weighted by Gasteiger charge is 2.43. The van der Waals surface area contributed by atoms with E-state index < -0.39 is 0 Å². The number of nitrogens with zero attached hydrogens (tertiary/aromatic N) is 2. The summed E-state index contributed by atoms with van der Waals surface area (Å²) in [6.07, 6.45) is 6.42. The Kier molecular flexibility index (Phi) is 3.69. The zero-order chi connectivity index (χ0) is 14.8. The number of hydroxylamine groups is 2. The first-order valence-corrected chi connectivity index (χ1v) is 7.97. The van der Waals surface area contributed by atoms with Crippen LogP contribution in [0.3, 0.4) is 0 Å². The van der Waals surface area contributed by atoms with Gasteiger partial charge in [-0.15, -0.1) is 5.06 Å². The summed E-state index contributed by atoms with van der Waals surface area (Å²) in [4.78, 5) is 10.3. The molecule has 4 nitrogen and oxygen atoms in total. The maximum absolute atomic E-state index is 6.14. The number of ether oxygens (including phenoxy) is 1. The fourth-order valence-corrected chi connectivity index (χ4v) is 3.53. The van der Waals surface area contributed by atoms with Crippen molar-refractivity contribution in [3.8, 4) is 11.6 Å². The average molecular weight is 296 g/mol. The molecule has 2 saturated heterocycles. The van der Waals surface area contributed by atoms with E-state index in [2.05, 4.69) is 10.0 Å². The molecule has 2 aliphatic heterocycles. The Morgan fingerprint density at radius 3 is 2.32 bits per heavy atom. The van der Waals surface area contributed by atoms with E-state index in [0.29, 0.717) is 18.0 Å². The second-order valence-electron chi connectivity index (χ2n) is 6.03. The van der Waals surface area contributed by atoms with Crippen LogP contribution in [-0.4, -0.2) is 28.2 Å².